The normalized spacial score (nSPS) is 10.8. The molecule has 0 aliphatic carbocycles. The molecule has 3 aromatic heterocycles. The van der Waals surface area contributed by atoms with Gasteiger partial charge in [0.2, 0.25) is 5.95 Å². The fourth-order valence-corrected chi connectivity index (χ4v) is 3.31. The van der Waals surface area contributed by atoms with Crippen LogP contribution in [0.4, 0.5) is 10.7 Å². The lowest BCUT2D eigenvalue weighted by atomic mass is 10.0. The van der Waals surface area contributed by atoms with Gasteiger partial charge in [-0.3, -0.25) is 15.3 Å². The monoisotopic (exact) mass is 432 g/mol. The second-order valence-electron chi connectivity index (χ2n) is 6.92. The minimum absolute atomic E-state index is 0.331. The van der Waals surface area contributed by atoms with Crippen molar-refractivity contribution in [2.24, 2.45) is 0 Å². The van der Waals surface area contributed by atoms with Crippen molar-refractivity contribution in [3.8, 4) is 28.1 Å². The van der Waals surface area contributed by atoms with Gasteiger partial charge in [0.15, 0.2) is 0 Å². The molecule has 4 aromatic rings. The van der Waals surface area contributed by atoms with Crippen LogP contribution in [0.3, 0.4) is 0 Å². The Kier molecular flexibility index (Phi) is 6.57. The van der Waals surface area contributed by atoms with Crippen molar-refractivity contribution in [1.82, 2.24) is 25.3 Å². The lowest BCUT2D eigenvalue weighted by Crippen LogP contribution is -2.28. The van der Waals surface area contributed by atoms with E-state index in [4.69, 9.17) is 9.47 Å². The number of nitrogens with zero attached hydrogens (tertiary/aromatic N) is 3. The zero-order chi connectivity index (χ0) is 22.3. The number of pyridine rings is 2. The standard InChI is InChI=1S/C23H24N6O3/c1-3-25-23(30)29-22-27-18-13-16(15-6-4-8-24-14-15)12-17(20(18)28-22)21-19(7-5-9-26-21)32-11-10-31-2/h4-9,12-14H,3,10-11H2,1-2H3,(H3,25,27,28,29,30). The molecular formula is C23H24N6O3. The van der Waals surface area contributed by atoms with Gasteiger partial charge in [-0.15, -0.1) is 0 Å². The Morgan fingerprint density at radius 2 is 2.00 bits per heavy atom. The summed E-state index contributed by atoms with van der Waals surface area (Å²) in [6.07, 6.45) is 5.24. The number of hydrogen-bond acceptors (Lipinski definition) is 6. The van der Waals surface area contributed by atoms with Gasteiger partial charge in [-0.25, -0.2) is 9.78 Å². The zero-order valence-electron chi connectivity index (χ0n) is 17.9. The van der Waals surface area contributed by atoms with Gasteiger partial charge in [-0.2, -0.15) is 0 Å². The highest BCUT2D eigenvalue weighted by atomic mass is 16.5. The molecule has 164 valence electrons. The number of nitrogens with one attached hydrogen (secondary N) is 3. The maximum atomic E-state index is 12.0. The predicted molar refractivity (Wildman–Crippen MR) is 123 cm³/mol. The van der Waals surface area contributed by atoms with Crippen LogP contribution in [-0.4, -0.2) is 52.8 Å². The summed E-state index contributed by atoms with van der Waals surface area (Å²) < 4.78 is 11.0. The maximum absolute atomic E-state index is 12.0. The summed E-state index contributed by atoms with van der Waals surface area (Å²) in [5.41, 5.74) is 4.72. The lowest BCUT2D eigenvalue weighted by molar-refractivity contribution is 0.146. The first kappa shape index (κ1) is 21.3. The Morgan fingerprint density at radius 3 is 2.78 bits per heavy atom. The quantitative estimate of drug-likeness (QED) is 0.364. The smallest absolute Gasteiger partial charge is 0.321 e. The van der Waals surface area contributed by atoms with Gasteiger partial charge in [0, 0.05) is 43.4 Å². The summed E-state index contributed by atoms with van der Waals surface area (Å²) in [6.45, 7) is 3.22. The molecule has 1 aromatic carbocycles. The second kappa shape index (κ2) is 9.88. The zero-order valence-corrected chi connectivity index (χ0v) is 17.9. The molecular weight excluding hydrogens is 408 g/mol. The number of fused-ring (bicyclic) bond motifs is 1. The third-order valence-corrected chi connectivity index (χ3v) is 4.72. The van der Waals surface area contributed by atoms with E-state index in [0.29, 0.717) is 42.7 Å². The number of aromatic amines is 1. The van der Waals surface area contributed by atoms with Crippen molar-refractivity contribution < 1.29 is 14.3 Å². The van der Waals surface area contributed by atoms with Gasteiger partial charge in [0.25, 0.3) is 0 Å². The Bertz CT molecular complexity index is 1210. The van der Waals surface area contributed by atoms with E-state index in [2.05, 4.69) is 30.6 Å². The number of amides is 2. The van der Waals surface area contributed by atoms with E-state index in [9.17, 15) is 4.79 Å². The third kappa shape index (κ3) is 4.68. The van der Waals surface area contributed by atoms with Crippen molar-refractivity contribution >= 4 is 23.0 Å². The molecule has 0 atom stereocenters. The molecule has 0 bridgehead atoms. The molecule has 3 N–H and O–H groups in total. The van der Waals surface area contributed by atoms with Gasteiger partial charge in [0.1, 0.15) is 23.6 Å². The summed E-state index contributed by atoms with van der Waals surface area (Å²) in [4.78, 5) is 28.6. The van der Waals surface area contributed by atoms with Crippen LogP contribution in [0.5, 0.6) is 5.75 Å². The highest BCUT2D eigenvalue weighted by molar-refractivity contribution is 5.98. The summed E-state index contributed by atoms with van der Waals surface area (Å²) in [5, 5.41) is 5.43. The number of urea groups is 1. The first-order valence-corrected chi connectivity index (χ1v) is 10.3. The van der Waals surface area contributed by atoms with E-state index in [0.717, 1.165) is 22.2 Å². The average Bonchev–Trinajstić information content (AvgIpc) is 3.22. The van der Waals surface area contributed by atoms with Crippen LogP contribution in [-0.2, 0) is 4.74 Å². The number of rotatable bonds is 8. The predicted octanol–water partition coefficient (Wildman–Crippen LogP) is 3.85. The molecule has 0 spiro atoms. The van der Waals surface area contributed by atoms with Gasteiger partial charge < -0.3 is 19.8 Å². The number of methoxy groups -OCH3 is 1. The number of benzene rings is 1. The van der Waals surface area contributed by atoms with Crippen LogP contribution in [0, 0.1) is 0 Å². The molecule has 3 heterocycles. The minimum Gasteiger partial charge on any atom is -0.489 e. The number of carbonyl (C=O) groups is 1. The van der Waals surface area contributed by atoms with Gasteiger partial charge in [0.05, 0.1) is 12.1 Å². The molecule has 0 saturated heterocycles. The molecule has 0 radical (unpaired) electrons. The number of ether oxygens (including phenoxy) is 2. The molecule has 9 heteroatoms. The Hall–Kier alpha value is -3.98. The van der Waals surface area contributed by atoms with Crippen LogP contribution < -0.4 is 15.4 Å². The Labute approximate surface area is 185 Å². The molecule has 32 heavy (non-hydrogen) atoms. The lowest BCUT2D eigenvalue weighted by Gasteiger charge is -2.12. The van der Waals surface area contributed by atoms with Crippen molar-refractivity contribution in [1.29, 1.82) is 0 Å². The van der Waals surface area contributed by atoms with E-state index in [1.807, 2.05) is 43.3 Å². The average molecular weight is 432 g/mol. The van der Waals surface area contributed by atoms with Crippen molar-refractivity contribution in [3.63, 3.8) is 0 Å². The summed E-state index contributed by atoms with van der Waals surface area (Å²) in [7, 11) is 1.63. The van der Waals surface area contributed by atoms with E-state index in [-0.39, 0.29) is 6.03 Å². The van der Waals surface area contributed by atoms with Gasteiger partial charge in [-0.05, 0) is 42.8 Å². The van der Waals surface area contributed by atoms with Crippen molar-refractivity contribution in [3.05, 3.63) is 55.0 Å². The largest absolute Gasteiger partial charge is 0.489 e. The van der Waals surface area contributed by atoms with Crippen LogP contribution in [0.25, 0.3) is 33.4 Å². The van der Waals surface area contributed by atoms with Crippen molar-refractivity contribution in [2.45, 2.75) is 6.92 Å². The fourth-order valence-electron chi connectivity index (χ4n) is 3.31. The number of H-pyrrole nitrogens is 1. The Morgan fingerprint density at radius 1 is 1.12 bits per heavy atom. The van der Waals surface area contributed by atoms with Crippen LogP contribution >= 0.6 is 0 Å². The van der Waals surface area contributed by atoms with E-state index >= 15 is 0 Å². The van der Waals surface area contributed by atoms with Crippen LogP contribution in [0.15, 0.2) is 55.0 Å². The maximum Gasteiger partial charge on any atom is 0.321 e. The van der Waals surface area contributed by atoms with E-state index in [1.54, 1.807) is 25.7 Å². The molecule has 0 unspecified atom stereocenters. The second-order valence-corrected chi connectivity index (χ2v) is 6.92. The first-order valence-electron chi connectivity index (χ1n) is 10.3. The highest BCUT2D eigenvalue weighted by Gasteiger charge is 2.17. The SMILES string of the molecule is CCNC(=O)Nc1nc2c(-c3ncccc3OCCOC)cc(-c3cccnc3)cc2[nH]1. The van der Waals surface area contributed by atoms with Gasteiger partial charge >= 0.3 is 6.03 Å². The molecule has 4 rings (SSSR count). The van der Waals surface area contributed by atoms with E-state index in [1.165, 1.54) is 0 Å². The number of imidazole rings is 1. The molecule has 0 aliphatic rings. The molecule has 0 fully saturated rings. The number of hydrogen-bond donors (Lipinski definition) is 3. The first-order chi connectivity index (χ1) is 15.7. The molecule has 0 aliphatic heterocycles. The number of anilines is 1. The van der Waals surface area contributed by atoms with Gasteiger partial charge in [-0.1, -0.05) is 6.07 Å². The molecule has 9 nitrogen and oxygen atoms in total. The topological polar surface area (TPSA) is 114 Å². The highest BCUT2D eigenvalue weighted by Crippen LogP contribution is 2.36. The summed E-state index contributed by atoms with van der Waals surface area (Å²) in [6, 6.07) is 11.2. The summed E-state index contributed by atoms with van der Waals surface area (Å²) in [5.74, 6) is 0.962. The fraction of sp³-hybridized carbons (Fsp3) is 0.217. The molecule has 0 saturated carbocycles. The minimum atomic E-state index is -0.331. The number of carbonyl (C=O) groups excluding carboxylic acids is 1. The number of aromatic nitrogens is 4. The van der Waals surface area contributed by atoms with Crippen LogP contribution in [0.1, 0.15) is 6.92 Å². The molecule has 2 amide bonds. The van der Waals surface area contributed by atoms with Crippen molar-refractivity contribution in [2.75, 3.05) is 32.2 Å². The third-order valence-electron chi connectivity index (χ3n) is 4.72. The van der Waals surface area contributed by atoms with E-state index < -0.39 is 0 Å². The summed E-state index contributed by atoms with van der Waals surface area (Å²) >= 11 is 0. The van der Waals surface area contributed by atoms with Crippen LogP contribution in [0.2, 0.25) is 0 Å². The Balaban J connectivity index is 1.84.